The molecule has 0 aliphatic rings. The largest absolute Gasteiger partial charge is 0.462 e. The van der Waals surface area contributed by atoms with Gasteiger partial charge in [0, 0.05) is 18.1 Å². The number of aromatic nitrogens is 2. The fourth-order valence-corrected chi connectivity index (χ4v) is 3.20. The Morgan fingerprint density at radius 2 is 2.05 bits per heavy atom. The Kier molecular flexibility index (Phi) is 4.65. The molecular formula is C15H19N3O3S. The molecule has 0 fully saturated rings. The molecule has 2 aromatic heterocycles. The number of nitrogens with zero attached hydrogens (tertiary/aromatic N) is 2. The van der Waals surface area contributed by atoms with Crippen molar-refractivity contribution in [1.82, 2.24) is 9.78 Å². The third-order valence-electron chi connectivity index (χ3n) is 3.35. The number of anilines is 1. The molecule has 0 spiro atoms. The van der Waals surface area contributed by atoms with Gasteiger partial charge in [-0.1, -0.05) is 0 Å². The Balaban J connectivity index is 2.33. The lowest BCUT2D eigenvalue weighted by Gasteiger charge is -2.06. The second-order valence-corrected chi connectivity index (χ2v) is 6.19. The molecule has 0 bridgehead atoms. The van der Waals surface area contributed by atoms with Crippen molar-refractivity contribution < 1.29 is 14.3 Å². The zero-order chi connectivity index (χ0) is 16.4. The van der Waals surface area contributed by atoms with Gasteiger partial charge in [-0.25, -0.2) is 4.79 Å². The van der Waals surface area contributed by atoms with E-state index in [0.717, 1.165) is 10.4 Å². The van der Waals surface area contributed by atoms with E-state index in [2.05, 4.69) is 10.4 Å². The third-order valence-corrected chi connectivity index (χ3v) is 4.47. The number of thiophene rings is 1. The van der Waals surface area contributed by atoms with Gasteiger partial charge < -0.3 is 10.1 Å². The van der Waals surface area contributed by atoms with Crippen LogP contribution in [-0.4, -0.2) is 28.3 Å². The van der Waals surface area contributed by atoms with Crippen LogP contribution in [0.4, 0.5) is 5.00 Å². The van der Waals surface area contributed by atoms with Gasteiger partial charge in [-0.2, -0.15) is 5.10 Å². The predicted molar refractivity (Wildman–Crippen MR) is 85.6 cm³/mol. The molecule has 0 aliphatic heterocycles. The molecule has 0 saturated carbocycles. The zero-order valence-corrected chi connectivity index (χ0v) is 14.1. The molecule has 0 aromatic carbocycles. The minimum atomic E-state index is -0.414. The molecule has 7 heteroatoms. The summed E-state index contributed by atoms with van der Waals surface area (Å²) >= 11 is 1.37. The Bertz CT molecular complexity index is 731. The summed E-state index contributed by atoms with van der Waals surface area (Å²) in [7, 11) is 1.76. The van der Waals surface area contributed by atoms with Crippen molar-refractivity contribution in [3.05, 3.63) is 33.5 Å². The molecule has 118 valence electrons. The summed E-state index contributed by atoms with van der Waals surface area (Å²) in [6, 6.07) is 0. The van der Waals surface area contributed by atoms with E-state index in [-0.39, 0.29) is 5.91 Å². The van der Waals surface area contributed by atoms with Crippen LogP contribution in [0.25, 0.3) is 0 Å². The molecule has 1 amide bonds. The van der Waals surface area contributed by atoms with E-state index in [1.165, 1.54) is 11.3 Å². The van der Waals surface area contributed by atoms with Gasteiger partial charge in [-0.15, -0.1) is 11.3 Å². The van der Waals surface area contributed by atoms with Crippen molar-refractivity contribution in [3.63, 3.8) is 0 Å². The lowest BCUT2D eigenvalue weighted by Crippen LogP contribution is -2.15. The zero-order valence-electron chi connectivity index (χ0n) is 13.3. The van der Waals surface area contributed by atoms with Gasteiger partial charge in [0.2, 0.25) is 0 Å². The van der Waals surface area contributed by atoms with Crippen LogP contribution < -0.4 is 5.32 Å². The molecule has 22 heavy (non-hydrogen) atoms. The van der Waals surface area contributed by atoms with E-state index in [0.29, 0.717) is 28.4 Å². The Morgan fingerprint density at radius 3 is 2.59 bits per heavy atom. The van der Waals surface area contributed by atoms with E-state index in [1.54, 1.807) is 31.8 Å². The molecular weight excluding hydrogens is 302 g/mol. The summed E-state index contributed by atoms with van der Waals surface area (Å²) in [6.45, 7) is 7.58. The van der Waals surface area contributed by atoms with Crippen molar-refractivity contribution in [1.29, 1.82) is 0 Å². The SMILES string of the molecule is CCOC(=O)c1c(NC(=O)c2cn(C)nc2C)sc(C)c1C. The maximum absolute atomic E-state index is 12.4. The monoisotopic (exact) mass is 321 g/mol. The molecule has 2 aromatic rings. The number of nitrogens with one attached hydrogen (secondary N) is 1. The van der Waals surface area contributed by atoms with Crippen LogP contribution in [0.15, 0.2) is 6.20 Å². The molecule has 0 unspecified atom stereocenters. The van der Waals surface area contributed by atoms with Crippen LogP contribution in [0.1, 0.15) is 43.8 Å². The molecule has 0 aliphatic carbocycles. The van der Waals surface area contributed by atoms with E-state index in [1.807, 2.05) is 13.8 Å². The van der Waals surface area contributed by atoms with Crippen LogP contribution in [0.3, 0.4) is 0 Å². The van der Waals surface area contributed by atoms with Crippen LogP contribution in [0, 0.1) is 20.8 Å². The molecule has 6 nitrogen and oxygen atoms in total. The van der Waals surface area contributed by atoms with Crippen molar-refractivity contribution >= 4 is 28.2 Å². The van der Waals surface area contributed by atoms with Crippen LogP contribution in [0.5, 0.6) is 0 Å². The Morgan fingerprint density at radius 1 is 1.36 bits per heavy atom. The lowest BCUT2D eigenvalue weighted by atomic mass is 10.1. The van der Waals surface area contributed by atoms with Gasteiger partial charge >= 0.3 is 5.97 Å². The maximum atomic E-state index is 12.4. The minimum absolute atomic E-state index is 0.280. The van der Waals surface area contributed by atoms with Gasteiger partial charge in [0.1, 0.15) is 5.00 Å². The van der Waals surface area contributed by atoms with Crippen LogP contribution in [0.2, 0.25) is 0 Å². The number of hydrogen-bond acceptors (Lipinski definition) is 5. The number of carbonyl (C=O) groups is 2. The number of carbonyl (C=O) groups excluding carboxylic acids is 2. The smallest absolute Gasteiger partial charge is 0.341 e. The number of aryl methyl sites for hydroxylation is 3. The average molecular weight is 321 g/mol. The van der Waals surface area contributed by atoms with Crippen molar-refractivity contribution in [2.24, 2.45) is 7.05 Å². The minimum Gasteiger partial charge on any atom is -0.462 e. The van der Waals surface area contributed by atoms with Gasteiger partial charge in [-0.05, 0) is 33.3 Å². The Labute approximate surface area is 133 Å². The fraction of sp³-hybridized carbons (Fsp3) is 0.400. The summed E-state index contributed by atoms with van der Waals surface area (Å²) < 4.78 is 6.66. The molecule has 2 heterocycles. The Hall–Kier alpha value is -2.15. The van der Waals surface area contributed by atoms with Gasteiger partial charge in [0.05, 0.1) is 23.4 Å². The predicted octanol–water partition coefficient (Wildman–Crippen LogP) is 2.84. The number of hydrogen-bond donors (Lipinski definition) is 1. The first-order chi connectivity index (χ1) is 10.3. The van der Waals surface area contributed by atoms with Gasteiger partial charge in [-0.3, -0.25) is 9.48 Å². The maximum Gasteiger partial charge on any atom is 0.341 e. The molecule has 2 rings (SSSR count). The first kappa shape index (κ1) is 16.2. The highest BCUT2D eigenvalue weighted by Gasteiger charge is 2.23. The molecule has 0 atom stereocenters. The van der Waals surface area contributed by atoms with Gasteiger partial charge in [0.15, 0.2) is 0 Å². The third kappa shape index (κ3) is 3.04. The summed E-state index contributed by atoms with van der Waals surface area (Å²) in [5.74, 6) is -0.694. The molecule has 0 saturated heterocycles. The normalized spacial score (nSPS) is 10.6. The first-order valence-corrected chi connectivity index (χ1v) is 7.75. The summed E-state index contributed by atoms with van der Waals surface area (Å²) in [5, 5.41) is 7.47. The fourth-order valence-electron chi connectivity index (χ4n) is 2.16. The number of rotatable bonds is 4. The topological polar surface area (TPSA) is 73.2 Å². The summed E-state index contributed by atoms with van der Waals surface area (Å²) in [4.78, 5) is 25.5. The number of esters is 1. The first-order valence-electron chi connectivity index (χ1n) is 6.93. The van der Waals surface area contributed by atoms with E-state index < -0.39 is 5.97 Å². The standard InChI is InChI=1S/C15H19N3O3S/c1-6-21-15(20)12-8(2)10(4)22-14(12)16-13(19)11-7-18(5)17-9(11)3/h7H,6H2,1-5H3,(H,16,19). The lowest BCUT2D eigenvalue weighted by molar-refractivity contribution is 0.0527. The van der Waals surface area contributed by atoms with Crippen molar-refractivity contribution in [2.75, 3.05) is 11.9 Å². The number of amides is 1. The summed E-state index contributed by atoms with van der Waals surface area (Å²) in [5.41, 5.74) is 2.39. The van der Waals surface area contributed by atoms with Gasteiger partial charge in [0.25, 0.3) is 5.91 Å². The highest BCUT2D eigenvalue weighted by molar-refractivity contribution is 7.16. The van der Waals surface area contributed by atoms with Crippen LogP contribution in [-0.2, 0) is 11.8 Å². The molecule has 1 N–H and O–H groups in total. The van der Waals surface area contributed by atoms with E-state index in [9.17, 15) is 9.59 Å². The van der Waals surface area contributed by atoms with Crippen molar-refractivity contribution in [3.8, 4) is 0 Å². The van der Waals surface area contributed by atoms with E-state index in [4.69, 9.17) is 4.74 Å². The van der Waals surface area contributed by atoms with Crippen molar-refractivity contribution in [2.45, 2.75) is 27.7 Å². The quantitative estimate of drug-likeness (QED) is 0.879. The highest BCUT2D eigenvalue weighted by atomic mass is 32.1. The highest BCUT2D eigenvalue weighted by Crippen LogP contribution is 2.33. The van der Waals surface area contributed by atoms with E-state index >= 15 is 0 Å². The van der Waals surface area contributed by atoms with Crippen LogP contribution >= 0.6 is 11.3 Å². The number of ether oxygens (including phenoxy) is 1. The second kappa shape index (κ2) is 6.31. The second-order valence-electron chi connectivity index (χ2n) is 4.96. The summed E-state index contributed by atoms with van der Waals surface area (Å²) in [6.07, 6.45) is 1.65. The average Bonchev–Trinajstić information content (AvgIpc) is 2.90. The molecule has 0 radical (unpaired) electrons.